The van der Waals surface area contributed by atoms with Crippen molar-refractivity contribution in [2.24, 2.45) is 10.9 Å². The lowest BCUT2D eigenvalue weighted by Crippen LogP contribution is -2.42. The smallest absolute Gasteiger partial charge is 0.157 e. The Kier molecular flexibility index (Phi) is 4.40. The summed E-state index contributed by atoms with van der Waals surface area (Å²) in [5.74, 6) is 2.18. The normalized spacial score (nSPS) is 27.1. The first-order chi connectivity index (χ1) is 8.21. The molecule has 1 saturated carbocycles. The third kappa shape index (κ3) is 3.40. The van der Waals surface area contributed by atoms with E-state index in [4.69, 9.17) is 4.99 Å². The van der Waals surface area contributed by atoms with Crippen LogP contribution in [-0.4, -0.2) is 22.5 Å². The molecule has 2 nitrogen and oxygen atoms in total. The molecule has 1 unspecified atom stereocenters. The first-order valence-corrected chi connectivity index (χ1v) is 8.18. The molecule has 2 fully saturated rings. The fourth-order valence-electron chi connectivity index (χ4n) is 2.42. The number of amidine groups is 1. The highest BCUT2D eigenvalue weighted by atomic mass is 32.2. The minimum atomic E-state index is 0.321. The van der Waals surface area contributed by atoms with E-state index in [0.717, 1.165) is 5.92 Å². The fourth-order valence-corrected chi connectivity index (χ4v) is 3.83. The summed E-state index contributed by atoms with van der Waals surface area (Å²) in [5.41, 5.74) is 0.321. The summed E-state index contributed by atoms with van der Waals surface area (Å²) in [4.78, 5) is 4.93. The topological polar surface area (TPSA) is 24.4 Å². The first-order valence-electron chi connectivity index (χ1n) is 7.20. The van der Waals surface area contributed by atoms with Gasteiger partial charge in [-0.25, -0.2) is 0 Å². The van der Waals surface area contributed by atoms with Gasteiger partial charge in [0.1, 0.15) is 0 Å². The summed E-state index contributed by atoms with van der Waals surface area (Å²) < 4.78 is 0. The predicted molar refractivity (Wildman–Crippen MR) is 77.8 cm³/mol. The molecule has 0 aromatic carbocycles. The summed E-state index contributed by atoms with van der Waals surface area (Å²) in [6, 6.07) is 0.557. The minimum absolute atomic E-state index is 0.321. The van der Waals surface area contributed by atoms with Crippen molar-refractivity contribution in [2.45, 2.75) is 70.9 Å². The molecule has 0 aromatic heterocycles. The summed E-state index contributed by atoms with van der Waals surface area (Å²) in [5, 5.41) is 4.88. The summed E-state index contributed by atoms with van der Waals surface area (Å²) in [7, 11) is 0. The second-order valence-electron chi connectivity index (χ2n) is 5.58. The van der Waals surface area contributed by atoms with Crippen LogP contribution in [0.1, 0.15) is 59.3 Å². The van der Waals surface area contributed by atoms with Crippen molar-refractivity contribution < 1.29 is 0 Å². The standard InChI is InChI=1S/C14H26N2S/c1-4-12(9-11-7-8-11)15-13-16-14(5-2,6-3)10-17-13/h11-12H,4-10H2,1-3H3,(H,15,16). The number of nitrogens with zero attached hydrogens (tertiary/aromatic N) is 1. The third-order valence-corrected chi connectivity index (χ3v) is 5.46. The van der Waals surface area contributed by atoms with E-state index in [-0.39, 0.29) is 0 Å². The number of rotatable bonds is 6. The Morgan fingerprint density at radius 2 is 2.06 bits per heavy atom. The van der Waals surface area contributed by atoms with Crippen LogP contribution in [0.25, 0.3) is 0 Å². The van der Waals surface area contributed by atoms with E-state index in [1.165, 1.54) is 49.4 Å². The Morgan fingerprint density at radius 1 is 1.35 bits per heavy atom. The second kappa shape index (κ2) is 5.64. The van der Waals surface area contributed by atoms with Crippen molar-refractivity contribution in [3.05, 3.63) is 0 Å². The van der Waals surface area contributed by atoms with Crippen LogP contribution in [0.2, 0.25) is 0 Å². The maximum atomic E-state index is 4.93. The molecule has 3 heteroatoms. The molecule has 1 atom stereocenters. The molecular formula is C14H26N2S. The number of nitrogens with one attached hydrogen (secondary N) is 1. The highest BCUT2D eigenvalue weighted by Crippen LogP contribution is 2.36. The van der Waals surface area contributed by atoms with Gasteiger partial charge in [0.05, 0.1) is 6.04 Å². The van der Waals surface area contributed by atoms with Crippen LogP contribution >= 0.6 is 11.8 Å². The van der Waals surface area contributed by atoms with Crippen molar-refractivity contribution in [3.8, 4) is 0 Å². The lowest BCUT2D eigenvalue weighted by Gasteiger charge is -2.25. The minimum Gasteiger partial charge on any atom is -0.359 e. The summed E-state index contributed by atoms with van der Waals surface area (Å²) >= 11 is 1.93. The zero-order chi connectivity index (χ0) is 12.3. The van der Waals surface area contributed by atoms with Gasteiger partial charge in [0, 0.05) is 11.3 Å². The van der Waals surface area contributed by atoms with Crippen LogP contribution < -0.4 is 5.32 Å². The van der Waals surface area contributed by atoms with Crippen molar-refractivity contribution in [1.82, 2.24) is 5.32 Å². The van der Waals surface area contributed by atoms with Gasteiger partial charge in [0.2, 0.25) is 0 Å². The van der Waals surface area contributed by atoms with E-state index in [0.29, 0.717) is 11.6 Å². The maximum absolute atomic E-state index is 4.93. The van der Waals surface area contributed by atoms with Crippen LogP contribution in [0.4, 0.5) is 0 Å². The molecule has 0 bridgehead atoms. The average molecular weight is 254 g/mol. The number of hydrogen-bond acceptors (Lipinski definition) is 2. The van der Waals surface area contributed by atoms with Gasteiger partial charge in [0.25, 0.3) is 0 Å². The van der Waals surface area contributed by atoms with Crippen molar-refractivity contribution in [2.75, 3.05) is 5.75 Å². The van der Waals surface area contributed by atoms with Crippen molar-refractivity contribution >= 4 is 16.9 Å². The molecule has 17 heavy (non-hydrogen) atoms. The van der Waals surface area contributed by atoms with Crippen LogP contribution in [0, 0.1) is 5.92 Å². The Hall–Kier alpha value is -0.180. The van der Waals surface area contributed by atoms with Gasteiger partial charge in [-0.2, -0.15) is 0 Å². The van der Waals surface area contributed by atoms with E-state index >= 15 is 0 Å². The largest absolute Gasteiger partial charge is 0.359 e. The quantitative estimate of drug-likeness (QED) is 0.779. The van der Waals surface area contributed by atoms with E-state index in [2.05, 4.69) is 26.1 Å². The highest BCUT2D eigenvalue weighted by Gasteiger charge is 2.34. The molecular weight excluding hydrogens is 228 g/mol. The number of thioether (sulfide) groups is 1. The molecule has 2 aliphatic rings. The highest BCUT2D eigenvalue weighted by molar-refractivity contribution is 8.14. The molecule has 1 heterocycles. The second-order valence-corrected chi connectivity index (χ2v) is 6.54. The van der Waals surface area contributed by atoms with Gasteiger partial charge in [-0.1, -0.05) is 45.4 Å². The zero-order valence-corrected chi connectivity index (χ0v) is 12.3. The molecule has 1 saturated heterocycles. The van der Waals surface area contributed by atoms with Gasteiger partial charge in [0.15, 0.2) is 5.17 Å². The van der Waals surface area contributed by atoms with Crippen LogP contribution in [-0.2, 0) is 0 Å². The predicted octanol–water partition coefficient (Wildman–Crippen LogP) is 3.82. The molecule has 1 aliphatic heterocycles. The van der Waals surface area contributed by atoms with Crippen molar-refractivity contribution in [1.29, 1.82) is 0 Å². The van der Waals surface area contributed by atoms with Crippen LogP contribution in [0.5, 0.6) is 0 Å². The Morgan fingerprint density at radius 3 is 2.53 bits per heavy atom. The van der Waals surface area contributed by atoms with Gasteiger partial charge in [-0.15, -0.1) is 0 Å². The lowest BCUT2D eigenvalue weighted by atomic mass is 9.96. The van der Waals surface area contributed by atoms with E-state index in [1.807, 2.05) is 11.8 Å². The molecule has 1 aliphatic carbocycles. The van der Waals surface area contributed by atoms with Gasteiger partial charge in [-0.05, 0) is 31.6 Å². The van der Waals surface area contributed by atoms with E-state index < -0.39 is 0 Å². The molecule has 2 rings (SSSR count). The molecule has 98 valence electrons. The van der Waals surface area contributed by atoms with Crippen molar-refractivity contribution in [3.63, 3.8) is 0 Å². The molecule has 0 spiro atoms. The molecule has 1 N–H and O–H groups in total. The van der Waals surface area contributed by atoms with Crippen LogP contribution in [0.15, 0.2) is 4.99 Å². The fraction of sp³-hybridized carbons (Fsp3) is 0.929. The molecule has 0 amide bonds. The zero-order valence-electron chi connectivity index (χ0n) is 11.5. The monoisotopic (exact) mass is 254 g/mol. The van der Waals surface area contributed by atoms with E-state index in [9.17, 15) is 0 Å². The summed E-state index contributed by atoms with van der Waals surface area (Å²) in [6.07, 6.45) is 7.79. The first kappa shape index (κ1) is 13.3. The SMILES string of the molecule is CCC(CC1CC1)N=C1NC(CC)(CC)CS1. The Balaban J connectivity index is 1.92. The van der Waals surface area contributed by atoms with Gasteiger partial charge in [-0.3, -0.25) is 4.99 Å². The number of aliphatic imine (C=N–C) groups is 1. The summed E-state index contributed by atoms with van der Waals surface area (Å²) in [6.45, 7) is 6.83. The van der Waals surface area contributed by atoms with Gasteiger partial charge < -0.3 is 5.32 Å². The van der Waals surface area contributed by atoms with Crippen LogP contribution in [0.3, 0.4) is 0 Å². The van der Waals surface area contributed by atoms with E-state index in [1.54, 1.807) is 0 Å². The third-order valence-electron chi connectivity index (χ3n) is 4.28. The van der Waals surface area contributed by atoms with Gasteiger partial charge >= 0.3 is 0 Å². The Labute approximate surface area is 110 Å². The molecule has 0 aromatic rings. The lowest BCUT2D eigenvalue weighted by molar-refractivity contribution is 0.406. The molecule has 0 radical (unpaired) electrons. The Bertz CT molecular complexity index is 280. The average Bonchev–Trinajstić information content (AvgIpc) is 3.08. The number of hydrogen-bond donors (Lipinski definition) is 1. The maximum Gasteiger partial charge on any atom is 0.157 e.